The maximum Gasteiger partial charge on any atom is 0.241 e. The van der Waals surface area contributed by atoms with Gasteiger partial charge in [-0.2, -0.15) is 0 Å². The summed E-state index contributed by atoms with van der Waals surface area (Å²) >= 11 is 0. The van der Waals surface area contributed by atoms with E-state index in [9.17, 15) is 0 Å². The number of carboxylic acids is 1. The highest BCUT2D eigenvalue weighted by Gasteiger charge is 2.27. The van der Waals surface area contributed by atoms with Crippen molar-refractivity contribution in [2.75, 3.05) is 0 Å². The number of imidazole rings is 1. The fourth-order valence-corrected chi connectivity index (χ4v) is 4.10. The second kappa shape index (κ2) is 8.96. The van der Waals surface area contributed by atoms with Crippen LogP contribution in [0, 0.1) is 11.8 Å². The van der Waals surface area contributed by atoms with Gasteiger partial charge < -0.3 is 9.90 Å². The predicted octanol–water partition coefficient (Wildman–Crippen LogP) is 2.76. The molecule has 4 heteroatoms. The van der Waals surface area contributed by atoms with Crippen molar-refractivity contribution in [3.8, 4) is 0 Å². The van der Waals surface area contributed by atoms with Gasteiger partial charge in [0.2, 0.25) is 6.33 Å². The minimum atomic E-state index is -1.08. The number of aliphatic carboxylic acids is 1. The first-order valence-corrected chi connectivity index (χ1v) is 8.86. The number of aromatic nitrogens is 2. The summed E-state index contributed by atoms with van der Waals surface area (Å²) in [6, 6.07) is 0.763. The quantitative estimate of drug-likeness (QED) is 0.873. The monoisotopic (exact) mass is 306 g/mol. The minimum Gasteiger partial charge on any atom is -0.550 e. The van der Waals surface area contributed by atoms with Crippen LogP contribution in [0.25, 0.3) is 0 Å². The van der Waals surface area contributed by atoms with Crippen molar-refractivity contribution in [1.82, 2.24) is 4.98 Å². The summed E-state index contributed by atoms with van der Waals surface area (Å²) in [6.45, 7) is 0.972. The molecule has 2 saturated carbocycles. The molecule has 1 aromatic rings. The zero-order valence-electron chi connectivity index (χ0n) is 13.8. The van der Waals surface area contributed by atoms with E-state index in [0.29, 0.717) is 0 Å². The molecule has 0 saturated heterocycles. The molecule has 0 bridgehead atoms. The van der Waals surface area contributed by atoms with Crippen LogP contribution in [-0.2, 0) is 4.79 Å². The Balaban J connectivity index is 0.000000396. The van der Waals surface area contributed by atoms with Gasteiger partial charge in [0.1, 0.15) is 18.4 Å². The molecule has 4 nitrogen and oxygen atoms in total. The van der Waals surface area contributed by atoms with E-state index in [0.717, 1.165) is 24.8 Å². The van der Waals surface area contributed by atoms with Crippen molar-refractivity contribution < 1.29 is 14.5 Å². The van der Waals surface area contributed by atoms with Crippen LogP contribution in [0.1, 0.15) is 77.2 Å². The maximum absolute atomic E-state index is 8.89. The first-order valence-electron chi connectivity index (χ1n) is 8.86. The van der Waals surface area contributed by atoms with Crippen molar-refractivity contribution >= 4 is 5.97 Å². The highest BCUT2D eigenvalue weighted by atomic mass is 16.4. The van der Waals surface area contributed by atoms with E-state index in [-0.39, 0.29) is 0 Å². The zero-order valence-corrected chi connectivity index (χ0v) is 13.8. The number of nitrogens with zero attached hydrogens (tertiary/aromatic N) is 1. The van der Waals surface area contributed by atoms with E-state index in [1.165, 1.54) is 64.2 Å². The molecule has 1 aromatic heterocycles. The lowest BCUT2D eigenvalue weighted by Gasteiger charge is -2.31. The SMILES string of the molecule is CC(=O)[O-].c1c[n+](C2CCC(CC3CCCCC3)CC2)c[nH]1. The average Bonchev–Trinajstić information content (AvgIpc) is 3.03. The van der Waals surface area contributed by atoms with Crippen molar-refractivity contribution in [2.45, 2.75) is 77.2 Å². The van der Waals surface area contributed by atoms with Crippen molar-refractivity contribution in [1.29, 1.82) is 0 Å². The smallest absolute Gasteiger partial charge is 0.241 e. The number of rotatable bonds is 3. The average molecular weight is 306 g/mol. The van der Waals surface area contributed by atoms with Gasteiger partial charge in [0.15, 0.2) is 0 Å². The van der Waals surface area contributed by atoms with Gasteiger partial charge in [0.05, 0.1) is 0 Å². The van der Waals surface area contributed by atoms with Gasteiger partial charge in [0, 0.05) is 5.97 Å². The number of H-pyrrole nitrogens is 1. The summed E-state index contributed by atoms with van der Waals surface area (Å²) < 4.78 is 2.37. The summed E-state index contributed by atoms with van der Waals surface area (Å²) in [4.78, 5) is 12.1. The molecular formula is C18H30N2O2. The van der Waals surface area contributed by atoms with Gasteiger partial charge in [-0.15, -0.1) is 0 Å². The molecule has 1 heterocycles. The summed E-state index contributed by atoms with van der Waals surface area (Å²) in [5.74, 6) is 1.02. The summed E-state index contributed by atoms with van der Waals surface area (Å²) in [6.07, 6.45) is 21.1. The molecule has 0 amide bonds. The lowest BCUT2D eigenvalue weighted by Crippen LogP contribution is -2.39. The Morgan fingerprint density at radius 1 is 1.09 bits per heavy atom. The van der Waals surface area contributed by atoms with E-state index in [1.807, 2.05) is 6.20 Å². The number of nitrogens with one attached hydrogen (secondary N) is 1. The fraction of sp³-hybridized carbons (Fsp3) is 0.778. The third kappa shape index (κ3) is 5.82. The fourth-order valence-electron chi connectivity index (χ4n) is 4.10. The molecule has 0 atom stereocenters. The molecule has 2 aliphatic rings. The Bertz CT molecular complexity index is 412. The number of carbonyl (C=O) groups excluding carboxylic acids is 1. The normalized spacial score (nSPS) is 26.0. The zero-order chi connectivity index (χ0) is 15.8. The van der Waals surface area contributed by atoms with Gasteiger partial charge >= 0.3 is 0 Å². The van der Waals surface area contributed by atoms with Gasteiger partial charge in [-0.25, -0.2) is 4.57 Å². The van der Waals surface area contributed by atoms with Gasteiger partial charge in [-0.1, -0.05) is 32.1 Å². The van der Waals surface area contributed by atoms with E-state index >= 15 is 0 Å². The van der Waals surface area contributed by atoms with Gasteiger partial charge in [-0.05, 0) is 50.9 Å². The van der Waals surface area contributed by atoms with Crippen LogP contribution < -0.4 is 9.67 Å². The highest BCUT2D eigenvalue weighted by molar-refractivity contribution is 5.60. The largest absolute Gasteiger partial charge is 0.550 e. The molecule has 0 unspecified atom stereocenters. The summed E-state index contributed by atoms with van der Waals surface area (Å²) in [5.41, 5.74) is 0. The lowest BCUT2D eigenvalue weighted by atomic mass is 9.76. The van der Waals surface area contributed by atoms with Gasteiger partial charge in [0.25, 0.3) is 0 Å². The predicted molar refractivity (Wildman–Crippen MR) is 83.9 cm³/mol. The molecule has 0 radical (unpaired) electrons. The van der Waals surface area contributed by atoms with E-state index < -0.39 is 5.97 Å². The second-order valence-electron chi connectivity index (χ2n) is 6.96. The molecule has 22 heavy (non-hydrogen) atoms. The molecule has 1 N–H and O–H groups in total. The van der Waals surface area contributed by atoms with Crippen LogP contribution in [0.2, 0.25) is 0 Å². The first-order chi connectivity index (χ1) is 10.6. The number of carboxylic acid groups (broad SMARTS) is 1. The first kappa shape index (κ1) is 17.0. The molecule has 0 aliphatic heterocycles. The number of aromatic amines is 1. The Hall–Kier alpha value is -1.32. The minimum absolute atomic E-state index is 0.763. The molecule has 2 fully saturated rings. The van der Waals surface area contributed by atoms with Gasteiger partial charge in [-0.3, -0.25) is 4.98 Å². The Labute approximate surface area is 133 Å². The Morgan fingerprint density at radius 3 is 2.23 bits per heavy atom. The van der Waals surface area contributed by atoms with Crippen LogP contribution >= 0.6 is 0 Å². The third-order valence-corrected chi connectivity index (χ3v) is 5.20. The van der Waals surface area contributed by atoms with Crippen LogP contribution in [-0.4, -0.2) is 11.0 Å². The van der Waals surface area contributed by atoms with Crippen molar-refractivity contribution in [3.63, 3.8) is 0 Å². The number of hydrogen-bond acceptors (Lipinski definition) is 2. The Morgan fingerprint density at radius 2 is 1.68 bits per heavy atom. The van der Waals surface area contributed by atoms with E-state index in [2.05, 4.69) is 22.1 Å². The molecule has 0 spiro atoms. The number of hydrogen-bond donors (Lipinski definition) is 1. The molecule has 3 rings (SSSR count). The lowest BCUT2D eigenvalue weighted by molar-refractivity contribution is -0.724. The summed E-state index contributed by atoms with van der Waals surface area (Å²) in [7, 11) is 0. The Kier molecular flexibility index (Phi) is 6.94. The van der Waals surface area contributed by atoms with Crippen LogP contribution in [0.3, 0.4) is 0 Å². The maximum atomic E-state index is 8.89. The van der Waals surface area contributed by atoms with E-state index in [1.54, 1.807) is 0 Å². The van der Waals surface area contributed by atoms with Crippen molar-refractivity contribution in [2.24, 2.45) is 11.8 Å². The second-order valence-corrected chi connectivity index (χ2v) is 6.96. The molecule has 0 aromatic carbocycles. The van der Waals surface area contributed by atoms with E-state index in [4.69, 9.17) is 9.90 Å². The highest BCUT2D eigenvalue weighted by Crippen LogP contribution is 2.36. The molecular weight excluding hydrogens is 276 g/mol. The van der Waals surface area contributed by atoms with Crippen LogP contribution in [0.4, 0.5) is 0 Å². The van der Waals surface area contributed by atoms with Crippen molar-refractivity contribution in [3.05, 3.63) is 18.7 Å². The topological polar surface area (TPSA) is 59.8 Å². The standard InChI is InChI=1S/C16H26N2.C2H4O2/c1-2-4-14(5-3-1)12-15-6-8-16(9-7-15)18-11-10-17-13-18;1-2(3)4/h10-11,13-16H,1-9,12H2;1H3,(H,3,4). The number of carbonyl (C=O) groups is 1. The summed E-state index contributed by atoms with van der Waals surface area (Å²) in [5, 5.41) is 8.89. The van der Waals surface area contributed by atoms with Crippen LogP contribution in [0.5, 0.6) is 0 Å². The molecule has 2 aliphatic carbocycles. The molecule has 124 valence electrons. The van der Waals surface area contributed by atoms with Crippen LogP contribution in [0.15, 0.2) is 18.7 Å². The third-order valence-electron chi connectivity index (χ3n) is 5.20.